The fraction of sp³-hybridized carbons (Fsp3) is 0.188. The lowest BCUT2D eigenvalue weighted by molar-refractivity contribution is -0.0498. The SMILES string of the molecule is Cc1ccc(C2=NOC(c3ccc(C)cc3)O2)cc1. The third-order valence-corrected chi connectivity index (χ3v) is 3.10. The molecule has 3 heteroatoms. The van der Waals surface area contributed by atoms with E-state index >= 15 is 0 Å². The molecule has 2 aromatic rings. The van der Waals surface area contributed by atoms with Gasteiger partial charge in [-0.1, -0.05) is 47.5 Å². The van der Waals surface area contributed by atoms with Crippen LogP contribution in [0.5, 0.6) is 0 Å². The largest absolute Gasteiger partial charge is 0.428 e. The average molecular weight is 253 g/mol. The van der Waals surface area contributed by atoms with Gasteiger partial charge in [0.2, 0.25) is 0 Å². The first-order valence-electron chi connectivity index (χ1n) is 6.26. The second-order valence-corrected chi connectivity index (χ2v) is 4.73. The van der Waals surface area contributed by atoms with Gasteiger partial charge in [-0.15, -0.1) is 0 Å². The van der Waals surface area contributed by atoms with Gasteiger partial charge >= 0.3 is 0 Å². The smallest absolute Gasteiger partial charge is 0.293 e. The summed E-state index contributed by atoms with van der Waals surface area (Å²) in [5, 5.41) is 4.01. The lowest BCUT2D eigenvalue weighted by Crippen LogP contribution is -2.05. The Bertz CT molecular complexity index is 600. The Labute approximate surface area is 112 Å². The highest BCUT2D eigenvalue weighted by Crippen LogP contribution is 2.26. The lowest BCUT2D eigenvalue weighted by atomic mass is 10.1. The predicted molar refractivity (Wildman–Crippen MR) is 73.8 cm³/mol. The summed E-state index contributed by atoms with van der Waals surface area (Å²) in [6.45, 7) is 4.10. The number of hydrogen-bond acceptors (Lipinski definition) is 3. The van der Waals surface area contributed by atoms with E-state index in [2.05, 4.69) is 5.16 Å². The molecule has 0 radical (unpaired) electrons. The minimum absolute atomic E-state index is 0.447. The van der Waals surface area contributed by atoms with Gasteiger partial charge in [0.05, 0.1) is 0 Å². The van der Waals surface area contributed by atoms with Crippen LogP contribution in [0.25, 0.3) is 0 Å². The van der Waals surface area contributed by atoms with Crippen molar-refractivity contribution in [2.45, 2.75) is 20.1 Å². The van der Waals surface area contributed by atoms with E-state index in [0.717, 1.165) is 11.1 Å². The van der Waals surface area contributed by atoms with Crippen LogP contribution in [0.15, 0.2) is 53.7 Å². The molecule has 96 valence electrons. The molecule has 3 rings (SSSR count). The minimum atomic E-state index is -0.447. The Balaban J connectivity index is 1.76. The van der Waals surface area contributed by atoms with E-state index in [1.807, 2.05) is 62.4 Å². The summed E-state index contributed by atoms with van der Waals surface area (Å²) in [7, 11) is 0. The quantitative estimate of drug-likeness (QED) is 0.816. The number of nitrogens with zero attached hydrogens (tertiary/aromatic N) is 1. The van der Waals surface area contributed by atoms with Gasteiger partial charge in [0, 0.05) is 11.1 Å². The highest BCUT2D eigenvalue weighted by Gasteiger charge is 2.24. The van der Waals surface area contributed by atoms with Gasteiger partial charge in [-0.2, -0.15) is 0 Å². The topological polar surface area (TPSA) is 30.8 Å². The molecule has 2 aromatic carbocycles. The molecule has 0 saturated carbocycles. The van der Waals surface area contributed by atoms with Crippen LogP contribution in [0, 0.1) is 13.8 Å². The van der Waals surface area contributed by atoms with Crippen molar-refractivity contribution in [2.75, 3.05) is 0 Å². The van der Waals surface area contributed by atoms with E-state index in [0.29, 0.717) is 5.90 Å². The highest BCUT2D eigenvalue weighted by atomic mass is 16.8. The highest BCUT2D eigenvalue weighted by molar-refractivity contribution is 5.94. The zero-order valence-electron chi connectivity index (χ0n) is 11.0. The van der Waals surface area contributed by atoms with Crippen LogP contribution in [-0.4, -0.2) is 5.90 Å². The van der Waals surface area contributed by atoms with Gasteiger partial charge in [0.15, 0.2) is 0 Å². The van der Waals surface area contributed by atoms with Gasteiger partial charge in [0.25, 0.3) is 12.2 Å². The fourth-order valence-corrected chi connectivity index (χ4v) is 1.91. The molecule has 0 N–H and O–H groups in total. The summed E-state index contributed by atoms with van der Waals surface area (Å²) >= 11 is 0. The molecule has 1 atom stereocenters. The first-order chi connectivity index (χ1) is 9.22. The molecule has 1 aliphatic heterocycles. The van der Waals surface area contributed by atoms with Gasteiger partial charge in [-0.25, -0.2) is 0 Å². The van der Waals surface area contributed by atoms with E-state index in [1.54, 1.807) is 0 Å². The summed E-state index contributed by atoms with van der Waals surface area (Å²) < 4.78 is 5.74. The fourth-order valence-electron chi connectivity index (χ4n) is 1.91. The van der Waals surface area contributed by atoms with Crippen LogP contribution in [0.2, 0.25) is 0 Å². The Morgan fingerprint density at radius 2 is 1.42 bits per heavy atom. The van der Waals surface area contributed by atoms with Gasteiger partial charge < -0.3 is 9.57 Å². The number of oxime groups is 1. The number of rotatable bonds is 2. The van der Waals surface area contributed by atoms with Gasteiger partial charge in [-0.05, 0) is 31.1 Å². The molecule has 0 bridgehead atoms. The van der Waals surface area contributed by atoms with E-state index in [9.17, 15) is 0 Å². The summed E-state index contributed by atoms with van der Waals surface area (Å²) in [5.41, 5.74) is 4.32. The number of hydrogen-bond donors (Lipinski definition) is 0. The Kier molecular flexibility index (Phi) is 2.95. The third kappa shape index (κ3) is 2.45. The molecule has 0 aliphatic carbocycles. The van der Waals surface area contributed by atoms with Crippen molar-refractivity contribution in [3.63, 3.8) is 0 Å². The number of ether oxygens (including phenoxy) is 1. The normalized spacial score (nSPS) is 17.6. The van der Waals surface area contributed by atoms with Crippen LogP contribution in [0.3, 0.4) is 0 Å². The van der Waals surface area contributed by atoms with E-state index in [1.165, 1.54) is 11.1 Å². The molecular weight excluding hydrogens is 238 g/mol. The molecule has 1 heterocycles. The van der Waals surface area contributed by atoms with Crippen molar-refractivity contribution >= 4 is 5.90 Å². The third-order valence-electron chi connectivity index (χ3n) is 3.10. The Morgan fingerprint density at radius 1 is 0.842 bits per heavy atom. The first kappa shape index (κ1) is 11.8. The molecule has 19 heavy (non-hydrogen) atoms. The molecular formula is C16H15NO2. The zero-order valence-corrected chi connectivity index (χ0v) is 11.0. The molecule has 3 nitrogen and oxygen atoms in total. The minimum Gasteiger partial charge on any atom is -0.428 e. The van der Waals surface area contributed by atoms with Crippen LogP contribution in [0.1, 0.15) is 28.5 Å². The second-order valence-electron chi connectivity index (χ2n) is 4.73. The lowest BCUT2D eigenvalue weighted by Gasteiger charge is -2.09. The van der Waals surface area contributed by atoms with Crippen molar-refractivity contribution in [1.29, 1.82) is 0 Å². The summed E-state index contributed by atoms with van der Waals surface area (Å²) in [6, 6.07) is 16.1. The maximum atomic E-state index is 5.74. The number of benzene rings is 2. The molecule has 0 fully saturated rings. The predicted octanol–water partition coefficient (Wildman–Crippen LogP) is 3.71. The standard InChI is InChI=1S/C16H15NO2/c1-11-3-7-13(8-4-11)15-17-19-16(18-15)14-9-5-12(2)6-10-14/h3-10,16H,1-2H3. The summed E-state index contributed by atoms with van der Waals surface area (Å²) in [6.07, 6.45) is -0.447. The van der Waals surface area contributed by atoms with Crippen molar-refractivity contribution in [2.24, 2.45) is 5.16 Å². The Morgan fingerprint density at radius 3 is 2.05 bits per heavy atom. The summed E-state index contributed by atoms with van der Waals surface area (Å²) in [5.74, 6) is 0.533. The first-order valence-corrected chi connectivity index (χ1v) is 6.26. The molecule has 0 amide bonds. The Hall–Kier alpha value is -2.29. The molecule has 0 spiro atoms. The van der Waals surface area contributed by atoms with E-state index < -0.39 is 6.29 Å². The molecule has 1 aliphatic rings. The van der Waals surface area contributed by atoms with Gasteiger partial charge in [-0.3, -0.25) is 0 Å². The van der Waals surface area contributed by atoms with Gasteiger partial charge in [0.1, 0.15) is 0 Å². The summed E-state index contributed by atoms with van der Waals surface area (Å²) in [4.78, 5) is 5.34. The van der Waals surface area contributed by atoms with E-state index in [-0.39, 0.29) is 0 Å². The molecule has 1 unspecified atom stereocenters. The van der Waals surface area contributed by atoms with Crippen LogP contribution in [-0.2, 0) is 9.57 Å². The van der Waals surface area contributed by atoms with Crippen LogP contribution >= 0.6 is 0 Å². The molecule has 0 saturated heterocycles. The monoisotopic (exact) mass is 253 g/mol. The average Bonchev–Trinajstić information content (AvgIpc) is 2.90. The maximum Gasteiger partial charge on any atom is 0.293 e. The van der Waals surface area contributed by atoms with Crippen LogP contribution < -0.4 is 0 Å². The maximum absolute atomic E-state index is 5.74. The van der Waals surface area contributed by atoms with Crippen LogP contribution in [0.4, 0.5) is 0 Å². The zero-order chi connectivity index (χ0) is 13.2. The van der Waals surface area contributed by atoms with Crippen molar-refractivity contribution in [1.82, 2.24) is 0 Å². The number of aryl methyl sites for hydroxylation is 2. The van der Waals surface area contributed by atoms with Crippen molar-refractivity contribution in [3.8, 4) is 0 Å². The second kappa shape index (κ2) is 4.76. The van der Waals surface area contributed by atoms with Crippen molar-refractivity contribution < 1.29 is 9.57 Å². The molecule has 0 aromatic heterocycles. The van der Waals surface area contributed by atoms with Crippen molar-refractivity contribution in [3.05, 3.63) is 70.8 Å². The van der Waals surface area contributed by atoms with E-state index in [4.69, 9.17) is 9.57 Å².